The van der Waals surface area contributed by atoms with Crippen LogP contribution in [0.2, 0.25) is 0 Å². The zero-order chi connectivity index (χ0) is 13.5. The highest BCUT2D eigenvalue weighted by molar-refractivity contribution is 5.90. The molecule has 2 rings (SSSR count). The van der Waals surface area contributed by atoms with Gasteiger partial charge in [-0.3, -0.25) is 9.48 Å². The number of carbonyl (C=O) groups is 1. The Kier molecular flexibility index (Phi) is 4.32. The summed E-state index contributed by atoms with van der Waals surface area (Å²) >= 11 is 0. The monoisotopic (exact) mass is 255 g/mol. The Morgan fingerprint density at radius 1 is 1.37 bits per heavy atom. The number of anilines is 1. The second-order valence-electron chi connectivity index (χ2n) is 3.79. The van der Waals surface area contributed by atoms with E-state index in [1.807, 2.05) is 0 Å². The summed E-state index contributed by atoms with van der Waals surface area (Å²) in [6.45, 7) is 0.0153. The average Bonchev–Trinajstić information content (AvgIpc) is 2.90. The Labute approximate surface area is 110 Å². The quantitative estimate of drug-likeness (QED) is 0.800. The molecule has 0 aliphatic heterocycles. The maximum atomic E-state index is 11.7. The summed E-state index contributed by atoms with van der Waals surface area (Å²) in [5.41, 5.74) is 1.49. The van der Waals surface area contributed by atoms with Crippen molar-refractivity contribution in [3.8, 4) is 11.8 Å². The first-order valence-corrected chi connectivity index (χ1v) is 5.75. The summed E-state index contributed by atoms with van der Waals surface area (Å²) in [6, 6.07) is 8.87. The van der Waals surface area contributed by atoms with Crippen LogP contribution in [0.15, 0.2) is 42.7 Å². The third kappa shape index (κ3) is 3.98. The van der Waals surface area contributed by atoms with Crippen molar-refractivity contribution in [1.29, 1.82) is 0 Å². The van der Waals surface area contributed by atoms with Gasteiger partial charge in [0, 0.05) is 23.6 Å². The second-order valence-corrected chi connectivity index (χ2v) is 3.79. The number of aliphatic hydroxyl groups excluding tert-OH is 1. The smallest absolute Gasteiger partial charge is 0.246 e. The number of carbonyl (C=O) groups excluding carboxylic acids is 1. The largest absolute Gasteiger partial charge is 0.384 e. The molecule has 0 saturated carbocycles. The van der Waals surface area contributed by atoms with E-state index < -0.39 is 0 Å². The van der Waals surface area contributed by atoms with Crippen molar-refractivity contribution in [3.63, 3.8) is 0 Å². The van der Waals surface area contributed by atoms with Crippen LogP contribution in [0, 0.1) is 11.8 Å². The van der Waals surface area contributed by atoms with E-state index in [4.69, 9.17) is 5.11 Å². The first-order chi connectivity index (χ1) is 9.28. The van der Waals surface area contributed by atoms with Crippen molar-refractivity contribution in [2.24, 2.45) is 0 Å². The number of aromatic nitrogens is 2. The van der Waals surface area contributed by atoms with Gasteiger partial charge in [0.15, 0.2) is 0 Å². The van der Waals surface area contributed by atoms with E-state index in [0.717, 1.165) is 5.56 Å². The standard InChI is InChI=1S/C14H13N3O2/c18-10-1-3-12-4-6-13(7-5-12)16-14(19)11-17-9-2-8-15-17/h2,4-9,18H,10-11H2,(H,16,19). The molecular formula is C14H13N3O2. The molecule has 1 aromatic carbocycles. The highest BCUT2D eigenvalue weighted by atomic mass is 16.2. The van der Waals surface area contributed by atoms with E-state index in [1.165, 1.54) is 0 Å². The van der Waals surface area contributed by atoms with Gasteiger partial charge in [-0.15, -0.1) is 0 Å². The number of rotatable bonds is 3. The van der Waals surface area contributed by atoms with Gasteiger partial charge < -0.3 is 10.4 Å². The molecule has 1 amide bonds. The molecule has 5 heteroatoms. The van der Waals surface area contributed by atoms with E-state index >= 15 is 0 Å². The minimum atomic E-state index is -0.164. The lowest BCUT2D eigenvalue weighted by atomic mass is 10.2. The molecule has 5 nitrogen and oxygen atoms in total. The molecule has 2 aromatic rings. The summed E-state index contributed by atoms with van der Waals surface area (Å²) in [5.74, 6) is 5.20. The number of hydrogen-bond acceptors (Lipinski definition) is 3. The number of aliphatic hydroxyl groups is 1. The molecule has 0 bridgehead atoms. The number of hydrogen-bond donors (Lipinski definition) is 2. The van der Waals surface area contributed by atoms with Gasteiger partial charge in [0.05, 0.1) is 0 Å². The first kappa shape index (κ1) is 12.9. The number of nitrogens with one attached hydrogen (secondary N) is 1. The SMILES string of the molecule is O=C(Cn1cccn1)Nc1ccc(C#CCO)cc1. The highest BCUT2D eigenvalue weighted by Gasteiger charge is 2.03. The van der Waals surface area contributed by atoms with Crippen molar-refractivity contribution in [2.75, 3.05) is 11.9 Å². The van der Waals surface area contributed by atoms with Gasteiger partial charge in [-0.25, -0.2) is 0 Å². The molecule has 0 atom stereocenters. The number of amides is 1. The Bertz CT molecular complexity index is 592. The lowest BCUT2D eigenvalue weighted by molar-refractivity contribution is -0.116. The van der Waals surface area contributed by atoms with Gasteiger partial charge in [-0.1, -0.05) is 11.8 Å². The van der Waals surface area contributed by atoms with Crippen LogP contribution in [0.3, 0.4) is 0 Å². The molecule has 0 spiro atoms. The fourth-order valence-corrected chi connectivity index (χ4v) is 1.52. The van der Waals surface area contributed by atoms with Crippen LogP contribution in [0.5, 0.6) is 0 Å². The van der Waals surface area contributed by atoms with Gasteiger partial charge in [0.1, 0.15) is 13.2 Å². The molecule has 0 unspecified atom stereocenters. The molecule has 0 aliphatic carbocycles. The lowest BCUT2D eigenvalue weighted by Gasteiger charge is -2.05. The van der Waals surface area contributed by atoms with E-state index in [2.05, 4.69) is 22.3 Å². The van der Waals surface area contributed by atoms with Crippen molar-refractivity contribution >= 4 is 11.6 Å². The van der Waals surface area contributed by atoms with E-state index in [9.17, 15) is 4.79 Å². The summed E-state index contributed by atoms with van der Waals surface area (Å²) in [7, 11) is 0. The molecule has 0 radical (unpaired) electrons. The average molecular weight is 255 g/mol. The zero-order valence-corrected chi connectivity index (χ0v) is 10.2. The Balaban J connectivity index is 1.94. The molecule has 19 heavy (non-hydrogen) atoms. The van der Waals surface area contributed by atoms with E-state index in [-0.39, 0.29) is 19.1 Å². The molecule has 0 fully saturated rings. The molecule has 1 heterocycles. The van der Waals surface area contributed by atoms with Crippen LogP contribution in [0.25, 0.3) is 0 Å². The summed E-state index contributed by atoms with van der Waals surface area (Å²) in [5, 5.41) is 15.3. The van der Waals surface area contributed by atoms with Crippen LogP contribution in [-0.2, 0) is 11.3 Å². The topological polar surface area (TPSA) is 67.2 Å². The first-order valence-electron chi connectivity index (χ1n) is 5.75. The van der Waals surface area contributed by atoms with Crippen molar-refractivity contribution < 1.29 is 9.90 Å². The minimum Gasteiger partial charge on any atom is -0.384 e. The highest BCUT2D eigenvalue weighted by Crippen LogP contribution is 2.08. The maximum absolute atomic E-state index is 11.7. The fourth-order valence-electron chi connectivity index (χ4n) is 1.52. The Morgan fingerprint density at radius 2 is 2.16 bits per heavy atom. The Morgan fingerprint density at radius 3 is 2.79 bits per heavy atom. The molecule has 0 saturated heterocycles. The van der Waals surface area contributed by atoms with E-state index in [0.29, 0.717) is 5.69 Å². The third-order valence-electron chi connectivity index (χ3n) is 2.35. The second kappa shape index (κ2) is 6.38. The normalized spacial score (nSPS) is 9.53. The van der Waals surface area contributed by atoms with Crippen LogP contribution < -0.4 is 5.32 Å². The van der Waals surface area contributed by atoms with Crippen molar-refractivity contribution in [2.45, 2.75) is 6.54 Å². The van der Waals surface area contributed by atoms with Crippen LogP contribution in [0.1, 0.15) is 5.56 Å². The molecule has 0 aliphatic rings. The molecule has 2 N–H and O–H groups in total. The Hall–Kier alpha value is -2.58. The number of benzene rings is 1. The van der Waals surface area contributed by atoms with Gasteiger partial charge in [0.2, 0.25) is 5.91 Å². The predicted octanol–water partition coefficient (Wildman–Crippen LogP) is 0.866. The summed E-state index contributed by atoms with van der Waals surface area (Å²) in [6.07, 6.45) is 3.36. The third-order valence-corrected chi connectivity index (χ3v) is 2.35. The van der Waals surface area contributed by atoms with E-state index in [1.54, 1.807) is 47.4 Å². The van der Waals surface area contributed by atoms with Gasteiger partial charge in [-0.2, -0.15) is 5.10 Å². The van der Waals surface area contributed by atoms with Crippen LogP contribution in [0.4, 0.5) is 5.69 Å². The maximum Gasteiger partial charge on any atom is 0.246 e. The fraction of sp³-hybridized carbons (Fsp3) is 0.143. The summed E-state index contributed by atoms with van der Waals surface area (Å²) < 4.78 is 1.55. The van der Waals surface area contributed by atoms with Gasteiger partial charge in [-0.05, 0) is 30.3 Å². The molecule has 1 aromatic heterocycles. The lowest BCUT2D eigenvalue weighted by Crippen LogP contribution is -2.18. The molecule has 96 valence electrons. The minimum absolute atomic E-state index is 0.141. The van der Waals surface area contributed by atoms with Crippen LogP contribution in [-0.4, -0.2) is 27.4 Å². The predicted molar refractivity (Wildman–Crippen MR) is 71.3 cm³/mol. The van der Waals surface area contributed by atoms with Crippen molar-refractivity contribution in [1.82, 2.24) is 9.78 Å². The van der Waals surface area contributed by atoms with Crippen molar-refractivity contribution in [3.05, 3.63) is 48.3 Å². The van der Waals surface area contributed by atoms with Crippen LogP contribution >= 0.6 is 0 Å². The molecular weight excluding hydrogens is 242 g/mol. The van der Waals surface area contributed by atoms with Gasteiger partial charge in [0.25, 0.3) is 0 Å². The number of nitrogens with zero attached hydrogens (tertiary/aromatic N) is 2. The summed E-state index contributed by atoms with van der Waals surface area (Å²) in [4.78, 5) is 11.7. The zero-order valence-electron chi connectivity index (χ0n) is 10.2. The van der Waals surface area contributed by atoms with Gasteiger partial charge >= 0.3 is 0 Å².